The molecule has 0 N–H and O–H groups in total. The third-order valence-electron chi connectivity index (χ3n) is 10.1. The summed E-state index contributed by atoms with van der Waals surface area (Å²) in [5.41, 5.74) is 4.40. The summed E-state index contributed by atoms with van der Waals surface area (Å²) >= 11 is 0. The van der Waals surface area contributed by atoms with Gasteiger partial charge in [-0.05, 0) is 78.7 Å². The lowest BCUT2D eigenvalue weighted by molar-refractivity contribution is -0.137. The number of rotatable bonds is 11. The van der Waals surface area contributed by atoms with E-state index < -0.39 is 11.7 Å². The number of piperazine rings is 1. The van der Waals surface area contributed by atoms with Crippen LogP contribution in [0, 0.1) is 5.92 Å². The Labute approximate surface area is 283 Å². The minimum absolute atomic E-state index is 0.0613. The normalized spacial score (nSPS) is 16.3. The quantitative estimate of drug-likeness (QED) is 0.162. The van der Waals surface area contributed by atoms with E-state index in [1.807, 2.05) is 23.1 Å². The smallest absolute Gasteiger partial charge is 0.369 e. The molecule has 4 nitrogen and oxygen atoms in total. The van der Waals surface area contributed by atoms with Gasteiger partial charge in [-0.1, -0.05) is 98.1 Å². The molecule has 1 heterocycles. The first kappa shape index (κ1) is 33.8. The molecule has 0 spiro atoms. The molecular weight excluding hydrogens is 607 g/mol. The highest BCUT2D eigenvalue weighted by Gasteiger charge is 2.30. The molecule has 0 unspecified atom stereocenters. The van der Waals surface area contributed by atoms with Crippen molar-refractivity contribution in [2.75, 3.05) is 44.2 Å². The first-order chi connectivity index (χ1) is 23.3. The Hall–Kier alpha value is -4.10. The van der Waals surface area contributed by atoms with Gasteiger partial charge in [0.2, 0.25) is 0 Å². The monoisotopic (exact) mass is 653 g/mol. The van der Waals surface area contributed by atoms with Crippen molar-refractivity contribution >= 4 is 11.6 Å². The Morgan fingerprint density at radius 2 is 1.38 bits per heavy atom. The van der Waals surface area contributed by atoms with E-state index in [0.717, 1.165) is 82.6 Å². The predicted molar refractivity (Wildman–Crippen MR) is 187 cm³/mol. The molecule has 7 heteroatoms. The molecule has 4 aromatic rings. The maximum absolute atomic E-state index is 14.0. The molecule has 1 saturated carbocycles. The number of benzene rings is 4. The summed E-state index contributed by atoms with van der Waals surface area (Å²) in [5.74, 6) is 0.706. The van der Waals surface area contributed by atoms with E-state index in [4.69, 9.17) is 0 Å². The first-order valence-corrected chi connectivity index (χ1v) is 17.5. The maximum atomic E-state index is 14.0. The topological polar surface area (TPSA) is 26.8 Å². The Morgan fingerprint density at radius 3 is 1.98 bits per heavy atom. The van der Waals surface area contributed by atoms with E-state index in [1.165, 1.54) is 29.7 Å². The van der Waals surface area contributed by atoms with Crippen LogP contribution in [0.5, 0.6) is 0 Å². The second-order valence-corrected chi connectivity index (χ2v) is 13.4. The summed E-state index contributed by atoms with van der Waals surface area (Å²) in [6.07, 6.45) is 2.38. The van der Waals surface area contributed by atoms with Crippen molar-refractivity contribution in [2.45, 2.75) is 57.2 Å². The van der Waals surface area contributed by atoms with Crippen molar-refractivity contribution in [1.29, 1.82) is 0 Å². The summed E-state index contributed by atoms with van der Waals surface area (Å²) in [4.78, 5) is 20.8. The van der Waals surface area contributed by atoms with E-state index in [1.54, 1.807) is 0 Å². The molecule has 2 fully saturated rings. The van der Waals surface area contributed by atoms with Crippen molar-refractivity contribution in [3.05, 3.63) is 137 Å². The van der Waals surface area contributed by atoms with Gasteiger partial charge >= 0.3 is 6.18 Å². The second-order valence-electron chi connectivity index (χ2n) is 13.4. The van der Waals surface area contributed by atoms with Crippen LogP contribution in [0.4, 0.5) is 18.9 Å². The van der Waals surface area contributed by atoms with Crippen LogP contribution >= 0.6 is 0 Å². The van der Waals surface area contributed by atoms with E-state index in [-0.39, 0.29) is 5.91 Å². The number of hydrogen-bond acceptors (Lipinski definition) is 3. The lowest BCUT2D eigenvalue weighted by Crippen LogP contribution is -2.47. The molecule has 0 bridgehead atoms. The summed E-state index contributed by atoms with van der Waals surface area (Å²) in [6, 6.07) is 34.6. The molecule has 1 aliphatic carbocycles. The van der Waals surface area contributed by atoms with E-state index >= 15 is 0 Å². The average molecular weight is 654 g/mol. The van der Waals surface area contributed by atoms with Gasteiger partial charge in [-0.3, -0.25) is 9.69 Å². The Morgan fingerprint density at radius 1 is 0.750 bits per heavy atom. The standard InChI is InChI=1S/C41H46F3N3O/c42-41(43,44)37-21-19-33(20-22-37)31-47(30-32-11-4-1-5-12-32)40(48)36-17-10-18-38(29-36)46-27-25-45(26-28-46)24-23-39(34-13-6-2-7-14-34)35-15-8-3-9-16-35/h2-3,6-10,13-22,29,32,39H,1,4-5,11-12,23-28,30-31H2. The number of anilines is 1. The molecule has 1 amide bonds. The molecule has 48 heavy (non-hydrogen) atoms. The van der Waals surface area contributed by atoms with Crippen molar-refractivity contribution in [2.24, 2.45) is 5.92 Å². The summed E-state index contributed by atoms with van der Waals surface area (Å²) in [6.45, 7) is 5.61. The lowest BCUT2D eigenvalue weighted by Gasteiger charge is -2.37. The molecule has 4 aromatic carbocycles. The van der Waals surface area contributed by atoms with Gasteiger partial charge in [-0.2, -0.15) is 13.2 Å². The Balaban J connectivity index is 1.09. The molecule has 252 valence electrons. The Kier molecular flexibility index (Phi) is 11.2. The minimum Gasteiger partial charge on any atom is -0.369 e. The van der Waals surface area contributed by atoms with E-state index in [2.05, 4.69) is 76.5 Å². The van der Waals surface area contributed by atoms with Gasteiger partial charge in [0.15, 0.2) is 0 Å². The third-order valence-corrected chi connectivity index (χ3v) is 10.1. The largest absolute Gasteiger partial charge is 0.416 e. The van der Waals surface area contributed by atoms with Gasteiger partial charge in [-0.25, -0.2) is 0 Å². The van der Waals surface area contributed by atoms with Crippen molar-refractivity contribution in [1.82, 2.24) is 9.80 Å². The summed E-state index contributed by atoms with van der Waals surface area (Å²) in [7, 11) is 0. The molecule has 0 radical (unpaired) electrons. The molecule has 1 saturated heterocycles. The summed E-state index contributed by atoms with van der Waals surface area (Å²) in [5, 5.41) is 0. The fourth-order valence-corrected chi connectivity index (χ4v) is 7.38. The van der Waals surface area contributed by atoms with Crippen molar-refractivity contribution in [3.8, 4) is 0 Å². The van der Waals surface area contributed by atoms with Crippen molar-refractivity contribution < 1.29 is 18.0 Å². The third kappa shape index (κ3) is 8.87. The van der Waals surface area contributed by atoms with Crippen LogP contribution in [0.15, 0.2) is 109 Å². The fraction of sp³-hybridized carbons (Fsp3) is 0.390. The minimum atomic E-state index is -4.38. The highest BCUT2D eigenvalue weighted by atomic mass is 19.4. The SMILES string of the molecule is O=C(c1cccc(N2CCN(CCC(c3ccccc3)c3ccccc3)CC2)c1)N(Cc1ccc(C(F)(F)F)cc1)CC1CCCCC1. The second kappa shape index (κ2) is 15.9. The molecular formula is C41H46F3N3O. The number of hydrogen-bond donors (Lipinski definition) is 0. The fourth-order valence-electron chi connectivity index (χ4n) is 7.38. The highest BCUT2D eigenvalue weighted by Crippen LogP contribution is 2.31. The van der Waals surface area contributed by atoms with Crippen LogP contribution in [-0.4, -0.2) is 55.0 Å². The van der Waals surface area contributed by atoms with Gasteiger partial charge in [0.05, 0.1) is 5.56 Å². The number of nitrogens with zero attached hydrogens (tertiary/aromatic N) is 3. The number of amides is 1. The molecule has 1 aliphatic heterocycles. The van der Waals surface area contributed by atoms with Gasteiger partial charge < -0.3 is 9.80 Å². The predicted octanol–water partition coefficient (Wildman–Crippen LogP) is 9.27. The van der Waals surface area contributed by atoms with Crippen LogP contribution in [0.3, 0.4) is 0 Å². The van der Waals surface area contributed by atoms with E-state index in [0.29, 0.717) is 36.1 Å². The Bertz CT molecular complexity index is 1540. The molecule has 0 atom stereocenters. The van der Waals surface area contributed by atoms with Crippen LogP contribution in [-0.2, 0) is 12.7 Å². The lowest BCUT2D eigenvalue weighted by atomic mass is 9.88. The number of carbonyl (C=O) groups excluding carboxylic acids is 1. The number of halogens is 3. The first-order valence-electron chi connectivity index (χ1n) is 17.5. The highest BCUT2D eigenvalue weighted by molar-refractivity contribution is 5.95. The van der Waals surface area contributed by atoms with Crippen molar-refractivity contribution in [3.63, 3.8) is 0 Å². The van der Waals surface area contributed by atoms with E-state index in [9.17, 15) is 18.0 Å². The zero-order chi connectivity index (χ0) is 33.3. The maximum Gasteiger partial charge on any atom is 0.416 e. The average Bonchev–Trinajstić information content (AvgIpc) is 3.13. The van der Waals surface area contributed by atoms with Crippen LogP contribution in [0.2, 0.25) is 0 Å². The van der Waals surface area contributed by atoms with Crippen LogP contribution in [0.1, 0.15) is 77.1 Å². The molecule has 2 aliphatic rings. The van der Waals surface area contributed by atoms with Gasteiger partial charge in [0.25, 0.3) is 5.91 Å². The van der Waals surface area contributed by atoms with Gasteiger partial charge in [0.1, 0.15) is 0 Å². The van der Waals surface area contributed by atoms with Gasteiger partial charge in [-0.15, -0.1) is 0 Å². The van der Waals surface area contributed by atoms with Crippen LogP contribution in [0.25, 0.3) is 0 Å². The summed E-state index contributed by atoms with van der Waals surface area (Å²) < 4.78 is 39.5. The zero-order valence-electron chi connectivity index (χ0n) is 27.6. The van der Waals surface area contributed by atoms with Gasteiger partial charge in [0, 0.05) is 56.4 Å². The molecule has 0 aromatic heterocycles. The number of carbonyl (C=O) groups is 1. The zero-order valence-corrected chi connectivity index (χ0v) is 27.6. The number of alkyl halides is 3. The van der Waals surface area contributed by atoms with Crippen LogP contribution < -0.4 is 4.90 Å². The molecule has 6 rings (SSSR count).